The third kappa shape index (κ3) is 5.05. The molecule has 158 valence electrons. The van der Waals surface area contributed by atoms with E-state index in [1.165, 1.54) is 0 Å². The summed E-state index contributed by atoms with van der Waals surface area (Å²) in [5.74, 6) is -1.29. The molecule has 2 unspecified atom stereocenters. The Morgan fingerprint density at radius 3 is 2.73 bits per heavy atom. The molecule has 1 aliphatic rings. The second-order valence-corrected chi connectivity index (χ2v) is 8.98. The monoisotopic (exact) mass is 478 g/mol. The fraction of sp³-hybridized carbons (Fsp3) is 0.381. The van der Waals surface area contributed by atoms with Crippen molar-refractivity contribution < 1.29 is 18.3 Å². The number of nitriles is 1. The van der Waals surface area contributed by atoms with Crippen molar-refractivity contribution in [3.05, 3.63) is 57.7 Å². The van der Waals surface area contributed by atoms with Crippen molar-refractivity contribution in [1.29, 1.82) is 5.26 Å². The van der Waals surface area contributed by atoms with E-state index in [0.717, 1.165) is 18.2 Å². The quantitative estimate of drug-likeness (QED) is 0.702. The van der Waals surface area contributed by atoms with Crippen LogP contribution in [0.4, 0.5) is 19.4 Å². The van der Waals surface area contributed by atoms with Gasteiger partial charge in [-0.1, -0.05) is 0 Å². The first-order valence-corrected chi connectivity index (χ1v) is 10.1. The van der Waals surface area contributed by atoms with Gasteiger partial charge in [-0.2, -0.15) is 5.26 Å². The predicted octanol–water partition coefficient (Wildman–Crippen LogP) is 4.49. The molecule has 2 aromatic rings. The van der Waals surface area contributed by atoms with Crippen LogP contribution in [0.3, 0.4) is 0 Å². The molecule has 30 heavy (non-hydrogen) atoms. The number of aromatic nitrogens is 1. The number of benzene rings is 1. The van der Waals surface area contributed by atoms with Gasteiger partial charge in [0.1, 0.15) is 29.1 Å². The molecule has 0 bridgehead atoms. The van der Waals surface area contributed by atoms with E-state index in [2.05, 4.69) is 32.3 Å². The van der Waals surface area contributed by atoms with E-state index in [4.69, 9.17) is 4.74 Å². The number of nitrogens with one attached hydrogen (secondary N) is 1. The van der Waals surface area contributed by atoms with Gasteiger partial charge in [0, 0.05) is 29.7 Å². The van der Waals surface area contributed by atoms with Gasteiger partial charge in [0.15, 0.2) is 0 Å². The van der Waals surface area contributed by atoms with Gasteiger partial charge in [-0.05, 0) is 66.5 Å². The highest BCUT2D eigenvalue weighted by Gasteiger charge is 2.38. The Kier molecular flexibility index (Phi) is 6.27. The van der Waals surface area contributed by atoms with E-state index in [0.29, 0.717) is 15.9 Å². The zero-order chi connectivity index (χ0) is 22.1. The van der Waals surface area contributed by atoms with Crippen LogP contribution in [0.15, 0.2) is 34.9 Å². The third-order valence-electron chi connectivity index (χ3n) is 4.63. The molecular formula is C21H21BrF2N4O2. The first-order chi connectivity index (χ1) is 14.1. The molecule has 6 nitrogen and oxygen atoms in total. The van der Waals surface area contributed by atoms with E-state index in [1.54, 1.807) is 37.9 Å². The van der Waals surface area contributed by atoms with Crippen LogP contribution in [0, 0.1) is 23.0 Å². The number of rotatable bonds is 3. The van der Waals surface area contributed by atoms with Crippen molar-refractivity contribution in [2.45, 2.75) is 38.3 Å². The van der Waals surface area contributed by atoms with Gasteiger partial charge in [-0.3, -0.25) is 0 Å². The van der Waals surface area contributed by atoms with Crippen molar-refractivity contribution in [3.8, 4) is 6.07 Å². The molecule has 0 radical (unpaired) electrons. The summed E-state index contributed by atoms with van der Waals surface area (Å²) in [4.78, 5) is 18.5. The zero-order valence-corrected chi connectivity index (χ0v) is 18.3. The molecule has 0 saturated carbocycles. The highest BCUT2D eigenvalue weighted by Crippen LogP contribution is 2.34. The number of ether oxygens (including phenoxy) is 1. The Balaban J connectivity index is 1.94. The molecule has 2 heterocycles. The van der Waals surface area contributed by atoms with Crippen molar-refractivity contribution in [1.82, 2.24) is 10.3 Å². The molecule has 2 atom stereocenters. The Labute approximate surface area is 182 Å². The molecule has 1 aliphatic heterocycles. The minimum Gasteiger partial charge on any atom is -0.444 e. The lowest BCUT2D eigenvalue weighted by atomic mass is 9.94. The van der Waals surface area contributed by atoms with Crippen molar-refractivity contribution in [3.63, 3.8) is 0 Å². The number of carbonyl (C=O) groups is 1. The second kappa shape index (κ2) is 8.56. The van der Waals surface area contributed by atoms with Crippen LogP contribution in [0.5, 0.6) is 0 Å². The summed E-state index contributed by atoms with van der Waals surface area (Å²) in [5, 5.41) is 12.2. The fourth-order valence-corrected chi connectivity index (χ4v) is 3.79. The summed E-state index contributed by atoms with van der Waals surface area (Å²) in [7, 11) is 0. The average Bonchev–Trinajstić information content (AvgIpc) is 3.05. The lowest BCUT2D eigenvalue weighted by Crippen LogP contribution is -2.43. The molecule has 1 N–H and O–H groups in total. The highest BCUT2D eigenvalue weighted by atomic mass is 79.9. The number of hydrogen-bond acceptors (Lipinski definition) is 5. The van der Waals surface area contributed by atoms with Crippen LogP contribution in [-0.4, -0.2) is 35.8 Å². The SMILES string of the molecule is CC(C)(C)OC(=O)NC1CN(c2ncc(Br)cc2C#N)CC1c1cc(F)ccc1F. The van der Waals surface area contributed by atoms with Gasteiger partial charge >= 0.3 is 6.09 Å². The van der Waals surface area contributed by atoms with Gasteiger partial charge in [0.05, 0.1) is 11.6 Å². The van der Waals surface area contributed by atoms with E-state index >= 15 is 0 Å². The minimum atomic E-state index is -0.705. The molecule has 1 aromatic heterocycles. The summed E-state index contributed by atoms with van der Waals surface area (Å²) in [6.45, 7) is 5.71. The topological polar surface area (TPSA) is 78.2 Å². The summed E-state index contributed by atoms with van der Waals surface area (Å²) in [6, 6.07) is 6.40. The van der Waals surface area contributed by atoms with Gasteiger partial charge in [0.25, 0.3) is 0 Å². The zero-order valence-electron chi connectivity index (χ0n) is 16.7. The number of halogens is 3. The Bertz CT molecular complexity index is 1000. The fourth-order valence-electron chi connectivity index (χ4n) is 3.46. The first-order valence-electron chi connectivity index (χ1n) is 9.32. The van der Waals surface area contributed by atoms with Crippen molar-refractivity contribution >= 4 is 27.8 Å². The van der Waals surface area contributed by atoms with Gasteiger partial charge < -0.3 is 15.0 Å². The predicted molar refractivity (Wildman–Crippen MR) is 111 cm³/mol. The normalized spacial score (nSPS) is 18.8. The Hall–Kier alpha value is -2.73. The van der Waals surface area contributed by atoms with Crippen LogP contribution in [0.1, 0.15) is 37.8 Å². The maximum atomic E-state index is 14.5. The number of hydrogen-bond donors (Lipinski definition) is 1. The Morgan fingerprint density at radius 2 is 2.07 bits per heavy atom. The number of carbonyl (C=O) groups excluding carboxylic acids is 1. The van der Waals surface area contributed by atoms with E-state index in [9.17, 15) is 18.8 Å². The number of pyridine rings is 1. The highest BCUT2D eigenvalue weighted by molar-refractivity contribution is 9.10. The number of alkyl carbamates (subject to hydrolysis) is 1. The summed E-state index contributed by atoms with van der Waals surface area (Å²) >= 11 is 3.29. The molecule has 1 fully saturated rings. The van der Waals surface area contributed by atoms with Crippen LogP contribution >= 0.6 is 15.9 Å². The number of nitrogens with zero attached hydrogens (tertiary/aromatic N) is 3. The molecule has 1 amide bonds. The largest absolute Gasteiger partial charge is 0.444 e. The van der Waals surface area contributed by atoms with Gasteiger partial charge in [-0.25, -0.2) is 18.6 Å². The molecule has 1 aromatic carbocycles. The molecule has 9 heteroatoms. The molecule has 0 spiro atoms. The van der Waals surface area contributed by atoms with Crippen LogP contribution in [-0.2, 0) is 4.74 Å². The minimum absolute atomic E-state index is 0.147. The maximum absolute atomic E-state index is 14.5. The van der Waals surface area contributed by atoms with Crippen molar-refractivity contribution in [2.24, 2.45) is 0 Å². The smallest absolute Gasteiger partial charge is 0.407 e. The first kappa shape index (κ1) is 22.0. The average molecular weight is 479 g/mol. The van der Waals surface area contributed by atoms with Gasteiger partial charge in [-0.15, -0.1) is 0 Å². The number of anilines is 1. The van der Waals surface area contributed by atoms with E-state index < -0.39 is 35.3 Å². The Morgan fingerprint density at radius 1 is 1.33 bits per heavy atom. The summed E-state index contributed by atoms with van der Waals surface area (Å²) < 4.78 is 34.4. The van der Waals surface area contributed by atoms with Crippen molar-refractivity contribution in [2.75, 3.05) is 18.0 Å². The van der Waals surface area contributed by atoms with Gasteiger partial charge in [0.2, 0.25) is 0 Å². The second-order valence-electron chi connectivity index (χ2n) is 8.07. The molecular weight excluding hydrogens is 458 g/mol. The molecule has 3 rings (SSSR count). The van der Waals surface area contributed by atoms with Crippen LogP contribution in [0.25, 0.3) is 0 Å². The number of amides is 1. The lowest BCUT2D eigenvalue weighted by molar-refractivity contribution is 0.0504. The third-order valence-corrected chi connectivity index (χ3v) is 5.07. The lowest BCUT2D eigenvalue weighted by Gasteiger charge is -2.24. The molecule has 1 saturated heterocycles. The van der Waals surface area contributed by atoms with E-state index in [-0.39, 0.29) is 18.7 Å². The maximum Gasteiger partial charge on any atom is 0.407 e. The van der Waals surface area contributed by atoms with Crippen LogP contribution in [0.2, 0.25) is 0 Å². The standard InChI is InChI=1S/C21H21BrF2N4O2/c1-21(2,3)30-20(29)27-18-11-28(19-12(8-25)6-13(22)9-26-19)10-16(18)15-7-14(23)4-5-17(15)24/h4-7,9,16,18H,10-11H2,1-3H3,(H,27,29). The summed E-state index contributed by atoms with van der Waals surface area (Å²) in [5.41, 5.74) is -0.224. The van der Waals surface area contributed by atoms with Crippen LogP contribution < -0.4 is 10.2 Å². The molecule has 0 aliphatic carbocycles. The summed E-state index contributed by atoms with van der Waals surface area (Å²) in [6.07, 6.45) is 0.906. The van der Waals surface area contributed by atoms with E-state index in [1.807, 2.05) is 0 Å².